The van der Waals surface area contributed by atoms with Crippen molar-refractivity contribution in [1.29, 1.82) is 0 Å². The van der Waals surface area contributed by atoms with Crippen LogP contribution in [0.2, 0.25) is 0 Å². The first-order valence-corrected chi connectivity index (χ1v) is 12.5. The summed E-state index contributed by atoms with van der Waals surface area (Å²) in [5.74, 6) is 0. The zero-order chi connectivity index (χ0) is 26.8. The second kappa shape index (κ2) is 8.76. The van der Waals surface area contributed by atoms with Crippen LogP contribution in [-0.2, 0) is 14.7 Å². The lowest BCUT2D eigenvalue weighted by atomic mass is 9.74. The normalized spacial score (nSPS) is 15.6. The van der Waals surface area contributed by atoms with Crippen molar-refractivity contribution >= 4 is 25.9 Å². The number of aryl methyl sites for hydroxylation is 2. The number of aliphatic hydroxyl groups is 2. The van der Waals surface area contributed by atoms with Crippen molar-refractivity contribution in [2.24, 2.45) is 0 Å². The number of rotatable bonds is 8. The summed E-state index contributed by atoms with van der Waals surface area (Å²) >= 11 is 0. The van der Waals surface area contributed by atoms with E-state index in [0.717, 1.165) is 22.1 Å². The highest BCUT2D eigenvalue weighted by Crippen LogP contribution is 2.48. The van der Waals surface area contributed by atoms with Gasteiger partial charge in [-0.15, -0.1) is 0 Å². The van der Waals surface area contributed by atoms with E-state index in [-0.39, 0.29) is 5.41 Å². The Balaban J connectivity index is 1.95. The molecule has 2 radical (unpaired) electrons. The Labute approximate surface area is 214 Å². The highest BCUT2D eigenvalue weighted by molar-refractivity contribution is 6.48. The summed E-state index contributed by atoms with van der Waals surface area (Å²) in [5, 5.41) is 20.9. The highest BCUT2D eigenvalue weighted by Gasteiger charge is 2.39. The number of fused-ring (bicyclic) bond motifs is 3. The van der Waals surface area contributed by atoms with Gasteiger partial charge >= 0.3 is 15.0 Å². The fourth-order valence-electron chi connectivity index (χ4n) is 4.04. The Bertz CT molecular complexity index is 1030. The van der Waals surface area contributed by atoms with Crippen molar-refractivity contribution in [2.45, 2.75) is 111 Å². The molecule has 0 aromatic heterocycles. The average Bonchev–Trinajstić information content (AvgIpc) is 2.88. The van der Waals surface area contributed by atoms with E-state index < -0.39 is 22.4 Å². The predicted octanol–water partition coefficient (Wildman–Crippen LogP) is 4.23. The molecule has 2 N–H and O–H groups in total. The Kier molecular flexibility index (Phi) is 7.01. The number of hydrogen-bond donors (Lipinski definition) is 2. The molecule has 4 nitrogen and oxygen atoms in total. The van der Waals surface area contributed by atoms with E-state index in [1.807, 2.05) is 27.7 Å². The maximum Gasteiger partial charge on any atom is 0.331 e. The van der Waals surface area contributed by atoms with Crippen LogP contribution in [0.15, 0.2) is 24.3 Å². The van der Waals surface area contributed by atoms with Gasteiger partial charge < -0.3 is 19.5 Å². The summed E-state index contributed by atoms with van der Waals surface area (Å²) in [6.07, 6.45) is 0. The molecule has 0 aliphatic heterocycles. The van der Waals surface area contributed by atoms with Gasteiger partial charge in [-0.25, -0.2) is 0 Å². The predicted molar refractivity (Wildman–Crippen MR) is 147 cm³/mol. The van der Waals surface area contributed by atoms with E-state index in [1.54, 1.807) is 42.7 Å². The summed E-state index contributed by atoms with van der Waals surface area (Å²) in [6, 6.07) is 8.92. The van der Waals surface area contributed by atoms with Gasteiger partial charge in [-0.1, -0.05) is 60.2 Å². The molecule has 3 rings (SSSR count). The first kappa shape index (κ1) is 28.0. The molecular weight excluding hydrogens is 434 g/mol. The largest absolute Gasteiger partial charge is 0.427 e. The molecule has 188 valence electrons. The molecule has 2 aromatic carbocycles. The topological polar surface area (TPSA) is 58.9 Å². The summed E-state index contributed by atoms with van der Waals surface area (Å²) in [7, 11) is 3.56. The monoisotopic (exact) mass is 476 g/mol. The molecule has 0 fully saturated rings. The maximum absolute atomic E-state index is 10.5. The molecule has 0 saturated carbocycles. The minimum Gasteiger partial charge on any atom is -0.427 e. The van der Waals surface area contributed by atoms with Crippen LogP contribution in [0.25, 0.3) is 11.1 Å². The molecule has 0 bridgehead atoms. The van der Waals surface area contributed by atoms with Gasteiger partial charge in [0.05, 0.1) is 22.4 Å². The van der Waals surface area contributed by atoms with Crippen LogP contribution >= 0.6 is 0 Å². The van der Waals surface area contributed by atoms with Crippen molar-refractivity contribution in [3.8, 4) is 11.1 Å². The number of hydrogen-bond acceptors (Lipinski definition) is 4. The van der Waals surface area contributed by atoms with Gasteiger partial charge in [0.25, 0.3) is 0 Å². The third-order valence-corrected chi connectivity index (χ3v) is 8.36. The van der Waals surface area contributed by atoms with E-state index in [4.69, 9.17) is 9.31 Å². The molecule has 0 heterocycles. The zero-order valence-electron chi connectivity index (χ0n) is 23.7. The molecule has 0 amide bonds. The molecular formula is C29H42B2O4. The molecule has 6 heteroatoms. The Morgan fingerprint density at radius 3 is 1.23 bits per heavy atom. The summed E-state index contributed by atoms with van der Waals surface area (Å²) in [6.45, 7) is 23.3. The lowest BCUT2D eigenvalue weighted by Gasteiger charge is -2.37. The molecule has 0 atom stereocenters. The van der Waals surface area contributed by atoms with Gasteiger partial charge in [-0.3, -0.25) is 0 Å². The quantitative estimate of drug-likeness (QED) is 0.561. The molecule has 0 spiro atoms. The second-order valence-electron chi connectivity index (χ2n) is 12.7. The maximum atomic E-state index is 10.5. The van der Waals surface area contributed by atoms with Gasteiger partial charge in [0.15, 0.2) is 0 Å². The minimum absolute atomic E-state index is 0.200. The lowest BCUT2D eigenvalue weighted by Crippen LogP contribution is -2.49. The average molecular weight is 476 g/mol. The Hall–Kier alpha value is -1.59. The SMILES string of the molecule is Cc1cc2c(cc1[B]OC(C)(C)C(C)(C)O)C(C)(C)c1cc([B]OC(C)(C)C(C)(C)O)c(C)cc1-2. The third-order valence-electron chi connectivity index (χ3n) is 8.36. The standard InChI is InChI=1S/C29H42B2O4/c1-17-13-19-20-14-18(2)24(31-35-29(11,12)27(7,8)33)16-22(20)25(3,4)21(19)15-23(17)30-34-28(9,10)26(5,6)32/h13-16,32-33H,1-12H3. The van der Waals surface area contributed by atoms with Crippen LogP contribution in [0.3, 0.4) is 0 Å². The first-order chi connectivity index (χ1) is 15.7. The van der Waals surface area contributed by atoms with Crippen molar-refractivity contribution in [2.75, 3.05) is 0 Å². The molecule has 1 aliphatic carbocycles. The Morgan fingerprint density at radius 2 is 0.943 bits per heavy atom. The molecule has 0 unspecified atom stereocenters. The molecule has 2 aromatic rings. The third kappa shape index (κ3) is 5.13. The fraction of sp³-hybridized carbons (Fsp3) is 0.586. The van der Waals surface area contributed by atoms with Crippen molar-refractivity contribution in [3.63, 3.8) is 0 Å². The van der Waals surface area contributed by atoms with Gasteiger partial charge in [-0.05, 0) is 91.5 Å². The van der Waals surface area contributed by atoms with E-state index in [0.29, 0.717) is 0 Å². The smallest absolute Gasteiger partial charge is 0.331 e. The van der Waals surface area contributed by atoms with Gasteiger partial charge in [0, 0.05) is 5.41 Å². The van der Waals surface area contributed by atoms with Crippen molar-refractivity contribution in [3.05, 3.63) is 46.5 Å². The minimum atomic E-state index is -0.976. The van der Waals surface area contributed by atoms with E-state index >= 15 is 0 Å². The molecule has 0 saturated heterocycles. The Morgan fingerprint density at radius 1 is 0.629 bits per heavy atom. The summed E-state index contributed by atoms with van der Waals surface area (Å²) in [5.41, 5.74) is 5.67. The van der Waals surface area contributed by atoms with Crippen LogP contribution in [0.4, 0.5) is 0 Å². The number of benzene rings is 2. The van der Waals surface area contributed by atoms with Crippen LogP contribution in [0.1, 0.15) is 91.5 Å². The zero-order valence-corrected chi connectivity index (χ0v) is 23.7. The van der Waals surface area contributed by atoms with Crippen molar-refractivity contribution < 1.29 is 19.5 Å². The van der Waals surface area contributed by atoms with Crippen LogP contribution in [0, 0.1) is 13.8 Å². The fourth-order valence-corrected chi connectivity index (χ4v) is 4.04. The van der Waals surface area contributed by atoms with Crippen LogP contribution in [-0.4, -0.2) is 47.6 Å². The van der Waals surface area contributed by atoms with Crippen molar-refractivity contribution in [1.82, 2.24) is 0 Å². The van der Waals surface area contributed by atoms with Gasteiger partial charge in [0.2, 0.25) is 0 Å². The first-order valence-electron chi connectivity index (χ1n) is 12.5. The van der Waals surface area contributed by atoms with E-state index in [2.05, 4.69) is 52.0 Å². The van der Waals surface area contributed by atoms with E-state index in [1.165, 1.54) is 22.3 Å². The van der Waals surface area contributed by atoms with Crippen LogP contribution in [0.5, 0.6) is 0 Å². The van der Waals surface area contributed by atoms with Gasteiger partial charge in [0.1, 0.15) is 0 Å². The summed E-state index contributed by atoms with van der Waals surface area (Å²) < 4.78 is 12.2. The second-order valence-corrected chi connectivity index (χ2v) is 12.7. The van der Waals surface area contributed by atoms with Crippen LogP contribution < -0.4 is 10.9 Å². The van der Waals surface area contributed by atoms with E-state index in [9.17, 15) is 10.2 Å². The lowest BCUT2D eigenvalue weighted by molar-refractivity contribution is -0.0893. The molecule has 1 aliphatic rings. The van der Waals surface area contributed by atoms with Gasteiger partial charge in [-0.2, -0.15) is 0 Å². The summed E-state index contributed by atoms with van der Waals surface area (Å²) in [4.78, 5) is 0. The highest BCUT2D eigenvalue weighted by atomic mass is 16.5. The molecule has 35 heavy (non-hydrogen) atoms.